The Morgan fingerprint density at radius 1 is 1.29 bits per heavy atom. The average Bonchev–Trinajstić information content (AvgIpc) is 2.02. The van der Waals surface area contributed by atoms with Crippen molar-refractivity contribution in [3.8, 4) is 0 Å². The number of carboxylic acid groups (broad SMARTS) is 1. The lowest BCUT2D eigenvalue weighted by Crippen LogP contribution is -2.30. The van der Waals surface area contributed by atoms with E-state index in [1.54, 1.807) is 0 Å². The van der Waals surface area contributed by atoms with Crippen molar-refractivity contribution in [2.75, 3.05) is 0 Å². The van der Waals surface area contributed by atoms with Gasteiger partial charge in [-0.2, -0.15) is 0 Å². The van der Waals surface area contributed by atoms with Gasteiger partial charge in [0.1, 0.15) is 0 Å². The molecular formula is C12H22O2. The van der Waals surface area contributed by atoms with Gasteiger partial charge < -0.3 is 5.11 Å². The van der Waals surface area contributed by atoms with E-state index in [1.807, 2.05) is 0 Å². The van der Waals surface area contributed by atoms with Crippen LogP contribution in [-0.2, 0) is 4.79 Å². The van der Waals surface area contributed by atoms with Gasteiger partial charge in [0.15, 0.2) is 0 Å². The van der Waals surface area contributed by atoms with E-state index in [0.29, 0.717) is 12.3 Å². The van der Waals surface area contributed by atoms with Gasteiger partial charge in [-0.3, -0.25) is 4.79 Å². The zero-order valence-electron chi connectivity index (χ0n) is 9.55. The van der Waals surface area contributed by atoms with Crippen LogP contribution in [0.3, 0.4) is 0 Å². The summed E-state index contributed by atoms with van der Waals surface area (Å²) in [6, 6.07) is 0. The molecule has 0 atom stereocenters. The molecule has 1 fully saturated rings. The molecule has 1 aliphatic carbocycles. The number of aliphatic carboxylic acids is 1. The van der Waals surface area contributed by atoms with Crippen molar-refractivity contribution >= 4 is 5.97 Å². The molecule has 0 aromatic rings. The smallest absolute Gasteiger partial charge is 0.303 e. The summed E-state index contributed by atoms with van der Waals surface area (Å²) in [7, 11) is 0. The van der Waals surface area contributed by atoms with Crippen molar-refractivity contribution in [3.63, 3.8) is 0 Å². The minimum absolute atomic E-state index is 0.0219. The normalized spacial score (nSPS) is 28.8. The molecule has 82 valence electrons. The maximum absolute atomic E-state index is 10.7. The second-order valence-corrected chi connectivity index (χ2v) is 5.52. The first-order valence-electron chi connectivity index (χ1n) is 5.63. The second kappa shape index (κ2) is 4.33. The van der Waals surface area contributed by atoms with Gasteiger partial charge in [0.25, 0.3) is 0 Å². The Labute approximate surface area is 86.7 Å². The Hall–Kier alpha value is -0.530. The highest BCUT2D eigenvalue weighted by Crippen LogP contribution is 2.41. The standard InChI is InChI=1S/C12H22O2/c1-9-4-6-10(7-5-9)12(2,3)8-11(13)14/h9-10H,4-8H2,1-3H3,(H,13,14). The molecule has 1 N–H and O–H groups in total. The Morgan fingerprint density at radius 3 is 2.21 bits per heavy atom. The van der Waals surface area contributed by atoms with Crippen LogP contribution in [0.2, 0.25) is 0 Å². The molecule has 0 saturated heterocycles. The highest BCUT2D eigenvalue weighted by molar-refractivity contribution is 5.67. The van der Waals surface area contributed by atoms with Gasteiger partial charge in [-0.1, -0.05) is 33.6 Å². The monoisotopic (exact) mass is 198 g/mol. The van der Waals surface area contributed by atoms with Crippen LogP contribution in [0.5, 0.6) is 0 Å². The van der Waals surface area contributed by atoms with Crippen molar-refractivity contribution in [3.05, 3.63) is 0 Å². The largest absolute Gasteiger partial charge is 0.481 e. The minimum atomic E-state index is -0.659. The summed E-state index contributed by atoms with van der Waals surface area (Å²) >= 11 is 0. The molecular weight excluding hydrogens is 176 g/mol. The summed E-state index contributed by atoms with van der Waals surface area (Å²) in [5, 5.41) is 8.83. The lowest BCUT2D eigenvalue weighted by atomic mass is 9.67. The van der Waals surface area contributed by atoms with E-state index < -0.39 is 5.97 Å². The van der Waals surface area contributed by atoms with Gasteiger partial charge >= 0.3 is 5.97 Å². The molecule has 0 spiro atoms. The number of carbonyl (C=O) groups is 1. The van der Waals surface area contributed by atoms with E-state index >= 15 is 0 Å². The third kappa shape index (κ3) is 3.00. The van der Waals surface area contributed by atoms with Crippen molar-refractivity contribution in [1.82, 2.24) is 0 Å². The first-order chi connectivity index (χ1) is 6.42. The first-order valence-corrected chi connectivity index (χ1v) is 5.63. The van der Waals surface area contributed by atoms with Crippen LogP contribution in [-0.4, -0.2) is 11.1 Å². The van der Waals surface area contributed by atoms with Gasteiger partial charge in [0.05, 0.1) is 6.42 Å². The molecule has 14 heavy (non-hydrogen) atoms. The third-order valence-corrected chi connectivity index (χ3v) is 3.73. The fourth-order valence-corrected chi connectivity index (χ4v) is 2.58. The summed E-state index contributed by atoms with van der Waals surface area (Å²) in [4.78, 5) is 10.7. The van der Waals surface area contributed by atoms with E-state index in [9.17, 15) is 4.79 Å². The Morgan fingerprint density at radius 2 is 1.79 bits per heavy atom. The highest BCUT2D eigenvalue weighted by atomic mass is 16.4. The molecule has 1 rings (SSSR count). The molecule has 0 aromatic heterocycles. The molecule has 1 aliphatic rings. The number of hydrogen-bond acceptors (Lipinski definition) is 1. The van der Waals surface area contributed by atoms with Gasteiger partial charge in [0.2, 0.25) is 0 Å². The Kier molecular flexibility index (Phi) is 3.57. The zero-order chi connectivity index (χ0) is 10.8. The summed E-state index contributed by atoms with van der Waals surface area (Å²) < 4.78 is 0. The van der Waals surface area contributed by atoms with E-state index in [4.69, 9.17) is 5.11 Å². The van der Waals surface area contributed by atoms with Gasteiger partial charge in [0, 0.05) is 0 Å². The lowest BCUT2D eigenvalue weighted by Gasteiger charge is -2.37. The van der Waals surface area contributed by atoms with Crippen LogP contribution in [0.1, 0.15) is 52.9 Å². The van der Waals surface area contributed by atoms with E-state index in [2.05, 4.69) is 20.8 Å². The van der Waals surface area contributed by atoms with Crippen LogP contribution >= 0.6 is 0 Å². The van der Waals surface area contributed by atoms with Crippen LogP contribution in [0.4, 0.5) is 0 Å². The van der Waals surface area contributed by atoms with Crippen molar-refractivity contribution < 1.29 is 9.90 Å². The van der Waals surface area contributed by atoms with Crippen LogP contribution in [0.15, 0.2) is 0 Å². The predicted octanol–water partition coefficient (Wildman–Crippen LogP) is 3.31. The van der Waals surface area contributed by atoms with Gasteiger partial charge in [-0.25, -0.2) is 0 Å². The molecule has 0 radical (unpaired) electrons. The second-order valence-electron chi connectivity index (χ2n) is 5.52. The minimum Gasteiger partial charge on any atom is -0.481 e. The van der Waals surface area contributed by atoms with Crippen molar-refractivity contribution in [1.29, 1.82) is 0 Å². The molecule has 1 saturated carbocycles. The van der Waals surface area contributed by atoms with Crippen molar-refractivity contribution in [2.45, 2.75) is 52.9 Å². The number of carboxylic acids is 1. The molecule has 0 heterocycles. The Bertz CT molecular complexity index is 200. The average molecular weight is 198 g/mol. The Balaban J connectivity index is 2.50. The number of hydrogen-bond donors (Lipinski definition) is 1. The lowest BCUT2D eigenvalue weighted by molar-refractivity contribution is -0.140. The molecule has 2 heteroatoms. The summed E-state index contributed by atoms with van der Waals surface area (Å²) in [6.45, 7) is 6.49. The van der Waals surface area contributed by atoms with E-state index in [-0.39, 0.29) is 5.41 Å². The van der Waals surface area contributed by atoms with Gasteiger partial charge in [-0.05, 0) is 30.1 Å². The zero-order valence-corrected chi connectivity index (χ0v) is 9.55. The topological polar surface area (TPSA) is 37.3 Å². The highest BCUT2D eigenvalue weighted by Gasteiger charge is 2.33. The van der Waals surface area contributed by atoms with Crippen LogP contribution < -0.4 is 0 Å². The van der Waals surface area contributed by atoms with Crippen LogP contribution in [0.25, 0.3) is 0 Å². The molecule has 0 aromatic carbocycles. The predicted molar refractivity (Wildman–Crippen MR) is 57.2 cm³/mol. The maximum Gasteiger partial charge on any atom is 0.303 e. The summed E-state index contributed by atoms with van der Waals surface area (Å²) in [5.41, 5.74) is -0.0219. The fraction of sp³-hybridized carbons (Fsp3) is 0.917. The molecule has 0 bridgehead atoms. The van der Waals surface area contributed by atoms with Crippen LogP contribution in [0, 0.1) is 17.3 Å². The molecule has 0 amide bonds. The quantitative estimate of drug-likeness (QED) is 0.755. The SMILES string of the molecule is CC1CCC(C(C)(C)CC(=O)O)CC1. The van der Waals surface area contributed by atoms with E-state index in [1.165, 1.54) is 25.7 Å². The molecule has 2 nitrogen and oxygen atoms in total. The van der Waals surface area contributed by atoms with E-state index in [0.717, 1.165) is 5.92 Å². The summed E-state index contributed by atoms with van der Waals surface area (Å²) in [5.74, 6) is 0.787. The fourth-order valence-electron chi connectivity index (χ4n) is 2.58. The van der Waals surface area contributed by atoms with Crippen molar-refractivity contribution in [2.24, 2.45) is 17.3 Å². The molecule has 0 aliphatic heterocycles. The van der Waals surface area contributed by atoms with Gasteiger partial charge in [-0.15, -0.1) is 0 Å². The maximum atomic E-state index is 10.7. The number of rotatable bonds is 3. The summed E-state index contributed by atoms with van der Waals surface area (Å²) in [6.07, 6.45) is 5.27. The molecule has 0 unspecified atom stereocenters. The third-order valence-electron chi connectivity index (χ3n) is 3.73. The first kappa shape index (κ1) is 11.5.